The van der Waals surface area contributed by atoms with E-state index in [0.717, 1.165) is 16.9 Å². The standard InChI is InChI=1S/C17H17N3O2/c1-12-6-5-9-19(13(12)2)11-17(22)20-10-16(21)18-14-7-3-4-8-15(14)20/h3-9H,10-11H2,1-2H3/p+1. The van der Waals surface area contributed by atoms with Crippen molar-refractivity contribution in [3.8, 4) is 0 Å². The van der Waals surface area contributed by atoms with E-state index in [-0.39, 0.29) is 24.9 Å². The number of fused-ring (bicyclic) bond motifs is 1. The van der Waals surface area contributed by atoms with E-state index in [0.29, 0.717) is 5.69 Å². The minimum atomic E-state index is -0.169. The first kappa shape index (κ1) is 14.3. The van der Waals surface area contributed by atoms with Crippen LogP contribution in [-0.2, 0) is 16.1 Å². The average Bonchev–Trinajstić information content (AvgIpc) is 2.51. The number of hydrogen-bond donors (Lipinski definition) is 1. The Morgan fingerprint density at radius 1 is 1.23 bits per heavy atom. The maximum absolute atomic E-state index is 12.7. The average molecular weight is 296 g/mol. The van der Waals surface area contributed by atoms with Gasteiger partial charge in [-0.05, 0) is 25.1 Å². The summed E-state index contributed by atoms with van der Waals surface area (Å²) in [5.41, 5.74) is 3.61. The lowest BCUT2D eigenvalue weighted by atomic mass is 10.2. The summed E-state index contributed by atoms with van der Waals surface area (Å²) >= 11 is 0. The van der Waals surface area contributed by atoms with Gasteiger partial charge in [0, 0.05) is 18.6 Å². The Bertz CT molecular complexity index is 755. The number of anilines is 2. The normalized spacial score (nSPS) is 13.5. The van der Waals surface area contributed by atoms with Crippen molar-refractivity contribution in [2.45, 2.75) is 20.4 Å². The van der Waals surface area contributed by atoms with Crippen molar-refractivity contribution >= 4 is 23.2 Å². The molecule has 1 aliphatic rings. The number of nitrogens with one attached hydrogen (secondary N) is 1. The van der Waals surface area contributed by atoms with Crippen LogP contribution < -0.4 is 14.8 Å². The minimum absolute atomic E-state index is 0.0568. The Labute approximate surface area is 129 Å². The molecule has 0 saturated heterocycles. The van der Waals surface area contributed by atoms with E-state index < -0.39 is 0 Å². The second-order valence-corrected chi connectivity index (χ2v) is 5.45. The highest BCUT2D eigenvalue weighted by molar-refractivity contribution is 6.09. The fourth-order valence-electron chi connectivity index (χ4n) is 2.61. The molecule has 0 atom stereocenters. The van der Waals surface area contributed by atoms with Gasteiger partial charge in [-0.2, -0.15) is 4.57 Å². The molecule has 3 rings (SSSR count). The molecule has 0 radical (unpaired) electrons. The first-order valence-corrected chi connectivity index (χ1v) is 7.21. The van der Waals surface area contributed by atoms with Crippen LogP contribution in [0.5, 0.6) is 0 Å². The lowest BCUT2D eigenvalue weighted by molar-refractivity contribution is -0.690. The second kappa shape index (κ2) is 5.60. The van der Waals surface area contributed by atoms with Gasteiger partial charge in [0.1, 0.15) is 6.54 Å². The van der Waals surface area contributed by atoms with Crippen LogP contribution in [0.3, 0.4) is 0 Å². The van der Waals surface area contributed by atoms with Crippen molar-refractivity contribution in [2.75, 3.05) is 16.8 Å². The molecule has 0 aliphatic carbocycles. The Hall–Kier alpha value is -2.69. The molecule has 2 amide bonds. The van der Waals surface area contributed by atoms with Gasteiger partial charge in [0.25, 0.3) is 5.91 Å². The topological polar surface area (TPSA) is 53.3 Å². The maximum atomic E-state index is 12.7. The van der Waals surface area contributed by atoms with Gasteiger partial charge in [-0.15, -0.1) is 0 Å². The molecule has 0 unspecified atom stereocenters. The zero-order chi connectivity index (χ0) is 15.7. The van der Waals surface area contributed by atoms with Gasteiger partial charge in [0.2, 0.25) is 12.5 Å². The zero-order valence-electron chi connectivity index (χ0n) is 12.7. The van der Waals surface area contributed by atoms with Crippen LogP contribution in [0.25, 0.3) is 0 Å². The van der Waals surface area contributed by atoms with Crippen molar-refractivity contribution in [1.82, 2.24) is 0 Å². The fraction of sp³-hybridized carbons (Fsp3) is 0.235. The van der Waals surface area contributed by atoms with Crippen molar-refractivity contribution in [3.63, 3.8) is 0 Å². The first-order valence-electron chi connectivity index (χ1n) is 7.21. The molecule has 0 spiro atoms. The van der Waals surface area contributed by atoms with Crippen molar-refractivity contribution in [1.29, 1.82) is 0 Å². The maximum Gasteiger partial charge on any atom is 0.293 e. The van der Waals surface area contributed by atoms with E-state index in [2.05, 4.69) is 5.32 Å². The summed E-state index contributed by atoms with van der Waals surface area (Å²) in [7, 11) is 0. The summed E-state index contributed by atoms with van der Waals surface area (Å²) < 4.78 is 1.91. The van der Waals surface area contributed by atoms with Gasteiger partial charge >= 0.3 is 0 Å². The van der Waals surface area contributed by atoms with E-state index >= 15 is 0 Å². The van der Waals surface area contributed by atoms with Crippen LogP contribution in [0.15, 0.2) is 42.6 Å². The molecule has 0 fully saturated rings. The van der Waals surface area contributed by atoms with Crippen LogP contribution >= 0.6 is 0 Å². The summed E-state index contributed by atoms with van der Waals surface area (Å²) in [6.07, 6.45) is 1.89. The molecule has 1 aromatic carbocycles. The summed E-state index contributed by atoms with van der Waals surface area (Å²) in [5.74, 6) is -0.265. The molecule has 2 aromatic rings. The number of carbonyl (C=O) groups is 2. The number of rotatable bonds is 2. The molecular weight excluding hydrogens is 278 g/mol. The van der Waals surface area contributed by atoms with E-state index in [1.54, 1.807) is 11.0 Å². The van der Waals surface area contributed by atoms with Crippen molar-refractivity contribution in [3.05, 3.63) is 53.9 Å². The van der Waals surface area contributed by atoms with Gasteiger partial charge in [-0.1, -0.05) is 12.1 Å². The summed E-state index contributed by atoms with van der Waals surface area (Å²) in [5, 5.41) is 2.79. The van der Waals surface area contributed by atoms with Gasteiger partial charge < -0.3 is 5.32 Å². The summed E-state index contributed by atoms with van der Waals surface area (Å²) in [6.45, 7) is 4.27. The lowest BCUT2D eigenvalue weighted by Gasteiger charge is -2.28. The van der Waals surface area contributed by atoms with Crippen LogP contribution in [0.4, 0.5) is 11.4 Å². The number of benzene rings is 1. The summed E-state index contributed by atoms with van der Waals surface area (Å²) in [6, 6.07) is 11.3. The highest BCUT2D eigenvalue weighted by Gasteiger charge is 2.29. The van der Waals surface area contributed by atoms with Crippen molar-refractivity contribution < 1.29 is 14.2 Å². The quantitative estimate of drug-likeness (QED) is 0.855. The molecule has 1 aliphatic heterocycles. The Morgan fingerprint density at radius 2 is 2.00 bits per heavy atom. The third kappa shape index (κ3) is 2.57. The predicted octanol–water partition coefficient (Wildman–Crippen LogP) is 1.58. The zero-order valence-corrected chi connectivity index (χ0v) is 12.7. The number of pyridine rings is 1. The van der Waals surface area contributed by atoms with Crippen molar-refractivity contribution in [2.24, 2.45) is 0 Å². The molecule has 0 bridgehead atoms. The van der Waals surface area contributed by atoms with Gasteiger partial charge in [-0.25, -0.2) is 0 Å². The molecule has 1 aromatic heterocycles. The Morgan fingerprint density at radius 3 is 2.82 bits per heavy atom. The smallest absolute Gasteiger partial charge is 0.293 e. The molecule has 112 valence electrons. The highest BCUT2D eigenvalue weighted by Crippen LogP contribution is 2.28. The number of para-hydroxylation sites is 2. The van der Waals surface area contributed by atoms with Crippen LogP contribution in [0, 0.1) is 13.8 Å². The highest BCUT2D eigenvalue weighted by atomic mass is 16.2. The number of amides is 2. The number of carbonyl (C=O) groups excluding carboxylic acids is 2. The van der Waals surface area contributed by atoms with E-state index in [1.807, 2.05) is 54.9 Å². The third-order valence-corrected chi connectivity index (χ3v) is 3.99. The lowest BCUT2D eigenvalue weighted by Crippen LogP contribution is -2.50. The molecule has 1 N–H and O–H groups in total. The molecule has 2 heterocycles. The first-order chi connectivity index (χ1) is 10.6. The minimum Gasteiger partial charge on any atom is -0.323 e. The van der Waals surface area contributed by atoms with Gasteiger partial charge in [0.05, 0.1) is 11.4 Å². The van der Waals surface area contributed by atoms with Crippen LogP contribution in [0.2, 0.25) is 0 Å². The fourth-order valence-corrected chi connectivity index (χ4v) is 2.61. The van der Waals surface area contributed by atoms with E-state index in [1.165, 1.54) is 0 Å². The predicted molar refractivity (Wildman–Crippen MR) is 83.5 cm³/mol. The van der Waals surface area contributed by atoms with E-state index in [4.69, 9.17) is 0 Å². The van der Waals surface area contributed by atoms with E-state index in [9.17, 15) is 9.59 Å². The molecule has 5 heteroatoms. The Kier molecular flexibility index (Phi) is 3.63. The van der Waals surface area contributed by atoms with Crippen LogP contribution in [0.1, 0.15) is 11.3 Å². The number of hydrogen-bond acceptors (Lipinski definition) is 2. The molecule has 22 heavy (non-hydrogen) atoms. The third-order valence-electron chi connectivity index (χ3n) is 3.99. The number of aryl methyl sites for hydroxylation is 1. The molecular formula is C17H18N3O2+. The Balaban J connectivity index is 1.89. The largest absolute Gasteiger partial charge is 0.323 e. The molecule has 0 saturated carbocycles. The van der Waals surface area contributed by atoms with Gasteiger partial charge in [0.15, 0.2) is 11.9 Å². The monoisotopic (exact) mass is 296 g/mol. The second-order valence-electron chi connectivity index (χ2n) is 5.45. The van der Waals surface area contributed by atoms with Gasteiger partial charge in [-0.3, -0.25) is 14.5 Å². The van der Waals surface area contributed by atoms with Crippen LogP contribution in [-0.4, -0.2) is 18.4 Å². The SMILES string of the molecule is Cc1ccc[n+](CC(=O)N2CC(=O)Nc3ccccc32)c1C. The summed E-state index contributed by atoms with van der Waals surface area (Å²) in [4.78, 5) is 26.0. The number of aromatic nitrogens is 1. The molecule has 5 nitrogen and oxygen atoms in total. The number of nitrogens with zero attached hydrogens (tertiary/aromatic N) is 2.